The number of ether oxygens (including phenoxy) is 1. The summed E-state index contributed by atoms with van der Waals surface area (Å²) in [5.74, 6) is 0.0901. The van der Waals surface area contributed by atoms with Crippen molar-refractivity contribution in [2.45, 2.75) is 6.42 Å². The Morgan fingerprint density at radius 2 is 1.81 bits per heavy atom. The van der Waals surface area contributed by atoms with Gasteiger partial charge in [0.05, 0.1) is 20.1 Å². The van der Waals surface area contributed by atoms with Gasteiger partial charge in [-0.15, -0.1) is 0 Å². The molecular formula is C13H18N4O3S. The lowest BCUT2D eigenvalue weighted by molar-refractivity contribution is -0.126. The Morgan fingerprint density at radius 3 is 2.38 bits per heavy atom. The first-order valence-electron chi connectivity index (χ1n) is 6.21. The van der Waals surface area contributed by atoms with Gasteiger partial charge >= 0.3 is 0 Å². The topological polar surface area (TPSA) is 91.5 Å². The highest BCUT2D eigenvalue weighted by Gasteiger charge is 2.06. The monoisotopic (exact) mass is 310 g/mol. The fraction of sp³-hybridized carbons (Fsp3) is 0.308. The highest BCUT2D eigenvalue weighted by molar-refractivity contribution is 7.80. The van der Waals surface area contributed by atoms with Crippen LogP contribution in [0.1, 0.15) is 5.56 Å². The molecule has 0 aliphatic carbocycles. The van der Waals surface area contributed by atoms with Crippen molar-refractivity contribution in [2.24, 2.45) is 0 Å². The van der Waals surface area contributed by atoms with E-state index in [2.05, 4.69) is 21.5 Å². The van der Waals surface area contributed by atoms with Gasteiger partial charge in [0.1, 0.15) is 5.75 Å². The summed E-state index contributed by atoms with van der Waals surface area (Å²) in [6.07, 6.45) is 0.194. The predicted molar refractivity (Wildman–Crippen MR) is 82.6 cm³/mol. The Bertz CT molecular complexity index is 505. The maximum absolute atomic E-state index is 11.7. The summed E-state index contributed by atoms with van der Waals surface area (Å²) in [5.41, 5.74) is 5.65. The van der Waals surface area contributed by atoms with Crippen LogP contribution in [0.4, 0.5) is 0 Å². The third-order valence-corrected chi connectivity index (χ3v) is 2.82. The quantitative estimate of drug-likeness (QED) is 0.432. The first kappa shape index (κ1) is 16.7. The highest BCUT2D eigenvalue weighted by Crippen LogP contribution is 2.11. The van der Waals surface area contributed by atoms with E-state index in [1.807, 2.05) is 0 Å². The van der Waals surface area contributed by atoms with Crippen LogP contribution in [0.5, 0.6) is 5.75 Å². The summed E-state index contributed by atoms with van der Waals surface area (Å²) < 4.78 is 5.03. The molecule has 0 atom stereocenters. The zero-order valence-electron chi connectivity index (χ0n) is 11.9. The van der Waals surface area contributed by atoms with Crippen LogP contribution >= 0.6 is 12.2 Å². The molecule has 0 spiro atoms. The van der Waals surface area contributed by atoms with Crippen molar-refractivity contribution in [3.63, 3.8) is 0 Å². The van der Waals surface area contributed by atoms with Gasteiger partial charge < -0.3 is 15.4 Å². The number of nitrogens with one attached hydrogen (secondary N) is 4. The molecule has 21 heavy (non-hydrogen) atoms. The van der Waals surface area contributed by atoms with Crippen molar-refractivity contribution >= 4 is 29.1 Å². The first-order valence-corrected chi connectivity index (χ1v) is 6.62. The van der Waals surface area contributed by atoms with Gasteiger partial charge in [-0.3, -0.25) is 20.4 Å². The summed E-state index contributed by atoms with van der Waals surface area (Å²) in [6.45, 7) is -0.131. The number of benzene rings is 1. The van der Waals surface area contributed by atoms with Crippen molar-refractivity contribution in [1.29, 1.82) is 0 Å². The van der Waals surface area contributed by atoms with E-state index in [1.54, 1.807) is 38.4 Å². The number of methoxy groups -OCH3 is 1. The fourth-order valence-electron chi connectivity index (χ4n) is 1.40. The maximum Gasteiger partial charge on any atom is 0.257 e. The molecule has 8 heteroatoms. The average Bonchev–Trinajstić information content (AvgIpc) is 2.51. The second kappa shape index (κ2) is 8.75. The number of hydrogen-bond donors (Lipinski definition) is 4. The number of hydrazine groups is 1. The van der Waals surface area contributed by atoms with Crippen LogP contribution in [0.3, 0.4) is 0 Å². The second-order valence-corrected chi connectivity index (χ2v) is 4.46. The lowest BCUT2D eigenvalue weighted by Crippen LogP contribution is -2.49. The van der Waals surface area contributed by atoms with Crippen LogP contribution in [0.15, 0.2) is 24.3 Å². The van der Waals surface area contributed by atoms with Gasteiger partial charge in [0, 0.05) is 7.05 Å². The van der Waals surface area contributed by atoms with Crippen molar-refractivity contribution in [2.75, 3.05) is 20.7 Å². The molecule has 1 aromatic rings. The van der Waals surface area contributed by atoms with Crippen LogP contribution < -0.4 is 26.2 Å². The van der Waals surface area contributed by atoms with Gasteiger partial charge in [-0.25, -0.2) is 0 Å². The summed E-state index contributed by atoms with van der Waals surface area (Å²) in [5, 5.41) is 5.44. The van der Waals surface area contributed by atoms with Gasteiger partial charge in [0.25, 0.3) is 5.91 Å². The van der Waals surface area contributed by atoms with E-state index in [0.29, 0.717) is 0 Å². The second-order valence-electron chi connectivity index (χ2n) is 4.05. The van der Waals surface area contributed by atoms with Gasteiger partial charge in [0.15, 0.2) is 5.11 Å². The largest absolute Gasteiger partial charge is 0.497 e. The molecule has 0 aromatic heterocycles. The third kappa shape index (κ3) is 6.57. The van der Waals surface area contributed by atoms with E-state index in [4.69, 9.17) is 17.0 Å². The normalized spacial score (nSPS) is 9.43. The zero-order chi connectivity index (χ0) is 15.7. The SMILES string of the molecule is CNC(=S)NNC(=O)CNC(=O)Cc1ccc(OC)cc1. The van der Waals surface area contributed by atoms with Crippen LogP contribution in [0.25, 0.3) is 0 Å². The molecule has 2 amide bonds. The lowest BCUT2D eigenvalue weighted by Gasteiger charge is -2.09. The lowest BCUT2D eigenvalue weighted by atomic mass is 10.1. The van der Waals surface area contributed by atoms with Crippen molar-refractivity contribution < 1.29 is 14.3 Å². The summed E-state index contributed by atoms with van der Waals surface area (Å²) >= 11 is 4.78. The van der Waals surface area contributed by atoms with E-state index in [0.717, 1.165) is 11.3 Å². The van der Waals surface area contributed by atoms with E-state index < -0.39 is 5.91 Å². The number of thiocarbonyl (C=S) groups is 1. The number of amides is 2. The van der Waals surface area contributed by atoms with Gasteiger partial charge in [-0.2, -0.15) is 0 Å². The Morgan fingerprint density at radius 1 is 1.14 bits per heavy atom. The van der Waals surface area contributed by atoms with E-state index in [-0.39, 0.29) is 24.0 Å². The molecule has 0 aliphatic rings. The standard InChI is InChI=1S/C13H18N4O3S/c1-14-13(21)17-16-12(19)8-15-11(18)7-9-3-5-10(20-2)6-4-9/h3-6H,7-8H2,1-2H3,(H,15,18)(H,16,19)(H2,14,17,21). The molecule has 0 saturated carbocycles. The number of carbonyl (C=O) groups is 2. The molecule has 1 aromatic carbocycles. The molecule has 1 rings (SSSR count). The number of rotatable bonds is 5. The Labute approximate surface area is 128 Å². The van der Waals surface area contributed by atoms with Crippen LogP contribution in [-0.2, 0) is 16.0 Å². The molecule has 0 aliphatic heterocycles. The van der Waals surface area contributed by atoms with E-state index in [1.165, 1.54) is 0 Å². The highest BCUT2D eigenvalue weighted by atomic mass is 32.1. The van der Waals surface area contributed by atoms with Crippen molar-refractivity contribution in [1.82, 2.24) is 21.5 Å². The molecule has 0 unspecified atom stereocenters. The van der Waals surface area contributed by atoms with Crippen LogP contribution in [0, 0.1) is 0 Å². The third-order valence-electron chi connectivity index (χ3n) is 2.51. The zero-order valence-corrected chi connectivity index (χ0v) is 12.7. The van der Waals surface area contributed by atoms with Gasteiger partial charge in [-0.1, -0.05) is 12.1 Å². The maximum atomic E-state index is 11.7. The molecule has 0 bridgehead atoms. The molecular weight excluding hydrogens is 292 g/mol. The average molecular weight is 310 g/mol. The first-order chi connectivity index (χ1) is 10.0. The molecule has 0 saturated heterocycles. The van der Waals surface area contributed by atoms with Gasteiger partial charge in [0.2, 0.25) is 5.91 Å². The Hall–Kier alpha value is -2.35. The molecule has 7 nitrogen and oxygen atoms in total. The van der Waals surface area contributed by atoms with E-state index >= 15 is 0 Å². The minimum Gasteiger partial charge on any atom is -0.497 e. The molecule has 0 radical (unpaired) electrons. The van der Waals surface area contributed by atoms with Crippen LogP contribution in [0.2, 0.25) is 0 Å². The fourth-order valence-corrected chi connectivity index (χ4v) is 1.45. The summed E-state index contributed by atoms with van der Waals surface area (Å²) in [4.78, 5) is 23.1. The van der Waals surface area contributed by atoms with E-state index in [9.17, 15) is 9.59 Å². The molecule has 114 valence electrons. The Kier molecular flexibility index (Phi) is 6.96. The smallest absolute Gasteiger partial charge is 0.257 e. The minimum absolute atomic E-state index is 0.131. The summed E-state index contributed by atoms with van der Waals surface area (Å²) in [7, 11) is 3.20. The van der Waals surface area contributed by atoms with Gasteiger partial charge in [-0.05, 0) is 29.9 Å². The number of hydrogen-bond acceptors (Lipinski definition) is 4. The van der Waals surface area contributed by atoms with Crippen molar-refractivity contribution in [3.05, 3.63) is 29.8 Å². The van der Waals surface area contributed by atoms with Crippen LogP contribution in [-0.4, -0.2) is 37.6 Å². The molecule has 4 N–H and O–H groups in total. The predicted octanol–water partition coefficient (Wildman–Crippen LogP) is -0.521. The minimum atomic E-state index is -0.393. The Balaban J connectivity index is 2.29. The van der Waals surface area contributed by atoms with Crippen molar-refractivity contribution in [3.8, 4) is 5.75 Å². The molecule has 0 heterocycles. The number of carbonyl (C=O) groups excluding carboxylic acids is 2. The summed E-state index contributed by atoms with van der Waals surface area (Å²) in [6, 6.07) is 7.15. The molecule has 0 fully saturated rings.